The molecule has 0 aliphatic heterocycles. The molecule has 1 rings (SSSR count). The standard InChI is InChI=1S/C13H21ClN2OS/c1-7-10(14)15-12(13(4,5)6)16-11(7)18-9(3)8(2)17/h8-9,17H,1-6H3. The normalized spacial score (nSPS) is 15.6. The van der Waals surface area contributed by atoms with E-state index in [2.05, 4.69) is 30.7 Å². The Hall–Kier alpha value is -0.320. The second-order valence-electron chi connectivity index (χ2n) is 5.58. The molecule has 2 atom stereocenters. The number of aliphatic hydroxyl groups excluding tert-OH is 1. The molecule has 0 spiro atoms. The summed E-state index contributed by atoms with van der Waals surface area (Å²) in [5, 5.41) is 11.0. The van der Waals surface area contributed by atoms with E-state index in [0.717, 1.165) is 16.4 Å². The van der Waals surface area contributed by atoms with Crippen LogP contribution in [0.3, 0.4) is 0 Å². The molecule has 0 fully saturated rings. The van der Waals surface area contributed by atoms with Gasteiger partial charge in [-0.3, -0.25) is 0 Å². The molecule has 3 nitrogen and oxygen atoms in total. The van der Waals surface area contributed by atoms with Gasteiger partial charge in [-0.25, -0.2) is 9.97 Å². The maximum Gasteiger partial charge on any atom is 0.136 e. The van der Waals surface area contributed by atoms with Crippen molar-refractivity contribution in [3.05, 3.63) is 16.5 Å². The third-order valence-electron chi connectivity index (χ3n) is 2.69. The van der Waals surface area contributed by atoms with Gasteiger partial charge in [0.25, 0.3) is 0 Å². The molecule has 5 heteroatoms. The Labute approximate surface area is 118 Å². The first-order valence-electron chi connectivity index (χ1n) is 6.02. The van der Waals surface area contributed by atoms with Crippen LogP contribution in [-0.4, -0.2) is 26.4 Å². The zero-order chi connectivity index (χ0) is 14.1. The van der Waals surface area contributed by atoms with Crippen LogP contribution in [0.25, 0.3) is 0 Å². The van der Waals surface area contributed by atoms with Crippen molar-refractivity contribution in [2.24, 2.45) is 0 Å². The highest BCUT2D eigenvalue weighted by Crippen LogP contribution is 2.31. The number of thioether (sulfide) groups is 1. The molecule has 0 amide bonds. The maximum atomic E-state index is 9.57. The molecule has 0 aromatic carbocycles. The summed E-state index contributed by atoms with van der Waals surface area (Å²) < 4.78 is 0. The van der Waals surface area contributed by atoms with Gasteiger partial charge in [-0.05, 0) is 13.8 Å². The summed E-state index contributed by atoms with van der Waals surface area (Å²) >= 11 is 7.70. The van der Waals surface area contributed by atoms with Crippen molar-refractivity contribution in [1.82, 2.24) is 9.97 Å². The van der Waals surface area contributed by atoms with E-state index in [4.69, 9.17) is 11.6 Å². The fourth-order valence-corrected chi connectivity index (χ4v) is 2.38. The van der Waals surface area contributed by atoms with Crippen LogP contribution in [0.4, 0.5) is 0 Å². The largest absolute Gasteiger partial charge is 0.392 e. The van der Waals surface area contributed by atoms with Crippen LogP contribution in [0.2, 0.25) is 5.15 Å². The van der Waals surface area contributed by atoms with Gasteiger partial charge >= 0.3 is 0 Å². The van der Waals surface area contributed by atoms with Crippen LogP contribution < -0.4 is 0 Å². The molecule has 0 radical (unpaired) electrons. The van der Waals surface area contributed by atoms with Crippen LogP contribution in [0.15, 0.2) is 5.03 Å². The quantitative estimate of drug-likeness (QED) is 0.682. The van der Waals surface area contributed by atoms with Crippen molar-refractivity contribution < 1.29 is 5.11 Å². The predicted molar refractivity (Wildman–Crippen MR) is 77.5 cm³/mol. The van der Waals surface area contributed by atoms with E-state index in [1.54, 1.807) is 6.92 Å². The molecule has 18 heavy (non-hydrogen) atoms. The number of halogens is 1. The van der Waals surface area contributed by atoms with E-state index in [9.17, 15) is 5.11 Å². The summed E-state index contributed by atoms with van der Waals surface area (Å²) in [6.45, 7) is 11.8. The molecule has 1 N–H and O–H groups in total. The molecular weight excluding hydrogens is 268 g/mol. The van der Waals surface area contributed by atoms with Gasteiger partial charge in [0, 0.05) is 16.2 Å². The first kappa shape index (κ1) is 15.7. The van der Waals surface area contributed by atoms with Gasteiger partial charge in [-0.15, -0.1) is 11.8 Å². The molecule has 2 unspecified atom stereocenters. The molecule has 0 saturated carbocycles. The van der Waals surface area contributed by atoms with E-state index in [-0.39, 0.29) is 16.8 Å². The first-order chi connectivity index (χ1) is 8.12. The van der Waals surface area contributed by atoms with Crippen LogP contribution >= 0.6 is 23.4 Å². The number of hydrogen-bond donors (Lipinski definition) is 1. The van der Waals surface area contributed by atoms with Crippen LogP contribution in [0, 0.1) is 6.92 Å². The van der Waals surface area contributed by atoms with Gasteiger partial charge < -0.3 is 5.11 Å². The number of hydrogen-bond acceptors (Lipinski definition) is 4. The third-order valence-corrected chi connectivity index (χ3v) is 4.44. The Morgan fingerprint density at radius 2 is 1.78 bits per heavy atom. The minimum atomic E-state index is -0.388. The zero-order valence-corrected chi connectivity index (χ0v) is 13.4. The lowest BCUT2D eigenvalue weighted by atomic mass is 9.96. The summed E-state index contributed by atoms with van der Waals surface area (Å²) in [6, 6.07) is 0. The second kappa shape index (κ2) is 5.76. The summed E-state index contributed by atoms with van der Waals surface area (Å²) in [5.74, 6) is 0.735. The Kier molecular flexibility index (Phi) is 5.04. The van der Waals surface area contributed by atoms with Gasteiger partial charge in [0.05, 0.1) is 6.10 Å². The lowest BCUT2D eigenvalue weighted by molar-refractivity contribution is 0.196. The topological polar surface area (TPSA) is 46.0 Å². The fraction of sp³-hybridized carbons (Fsp3) is 0.692. The van der Waals surface area contributed by atoms with Crippen molar-refractivity contribution in [2.75, 3.05) is 0 Å². The Morgan fingerprint density at radius 3 is 2.22 bits per heavy atom. The highest BCUT2D eigenvalue weighted by atomic mass is 35.5. The minimum absolute atomic E-state index is 0.0717. The lowest BCUT2D eigenvalue weighted by Gasteiger charge is -2.20. The Morgan fingerprint density at radius 1 is 1.22 bits per heavy atom. The van der Waals surface area contributed by atoms with Crippen LogP contribution in [0.5, 0.6) is 0 Å². The summed E-state index contributed by atoms with van der Waals surface area (Å²) in [7, 11) is 0. The van der Waals surface area contributed by atoms with E-state index in [0.29, 0.717) is 5.15 Å². The highest BCUT2D eigenvalue weighted by molar-refractivity contribution is 7.99. The van der Waals surface area contributed by atoms with E-state index in [1.807, 2.05) is 13.8 Å². The molecule has 0 aliphatic carbocycles. The smallest absolute Gasteiger partial charge is 0.136 e. The Bertz CT molecular complexity index is 430. The summed E-state index contributed by atoms with van der Waals surface area (Å²) in [4.78, 5) is 8.92. The second-order valence-corrected chi connectivity index (χ2v) is 7.31. The molecule has 102 valence electrons. The predicted octanol–water partition coefficient (Wildman–Crippen LogP) is 3.60. The number of aromatic nitrogens is 2. The monoisotopic (exact) mass is 288 g/mol. The average molecular weight is 289 g/mol. The van der Waals surface area contributed by atoms with E-state index < -0.39 is 0 Å². The SMILES string of the molecule is Cc1c(Cl)nc(C(C)(C)C)nc1SC(C)C(C)O. The van der Waals surface area contributed by atoms with Crippen LogP contribution in [0.1, 0.15) is 46.0 Å². The molecule has 1 aromatic heterocycles. The lowest BCUT2D eigenvalue weighted by Crippen LogP contribution is -2.19. The molecule has 0 saturated heterocycles. The van der Waals surface area contributed by atoms with Crippen molar-refractivity contribution in [2.45, 2.75) is 63.3 Å². The van der Waals surface area contributed by atoms with Crippen LogP contribution in [-0.2, 0) is 5.41 Å². The zero-order valence-electron chi connectivity index (χ0n) is 11.8. The molecule has 0 aliphatic rings. The number of aliphatic hydroxyl groups is 1. The summed E-state index contributed by atoms with van der Waals surface area (Å²) in [6.07, 6.45) is -0.388. The molecule has 1 aromatic rings. The van der Waals surface area contributed by atoms with E-state index >= 15 is 0 Å². The van der Waals surface area contributed by atoms with Crippen molar-refractivity contribution >= 4 is 23.4 Å². The van der Waals surface area contributed by atoms with Gasteiger partial charge in [0.15, 0.2) is 0 Å². The first-order valence-corrected chi connectivity index (χ1v) is 7.28. The fourth-order valence-electron chi connectivity index (χ4n) is 1.19. The summed E-state index contributed by atoms with van der Waals surface area (Å²) in [5.41, 5.74) is 0.739. The number of rotatable bonds is 3. The van der Waals surface area contributed by atoms with E-state index in [1.165, 1.54) is 11.8 Å². The van der Waals surface area contributed by atoms with Gasteiger partial charge in [0.1, 0.15) is 16.0 Å². The Balaban J connectivity index is 3.15. The van der Waals surface area contributed by atoms with Crippen molar-refractivity contribution in [1.29, 1.82) is 0 Å². The maximum absolute atomic E-state index is 9.57. The molecule has 0 bridgehead atoms. The average Bonchev–Trinajstić information content (AvgIpc) is 2.22. The minimum Gasteiger partial charge on any atom is -0.392 e. The highest BCUT2D eigenvalue weighted by Gasteiger charge is 2.22. The van der Waals surface area contributed by atoms with Gasteiger partial charge in [0.2, 0.25) is 0 Å². The van der Waals surface area contributed by atoms with Gasteiger partial charge in [-0.2, -0.15) is 0 Å². The van der Waals surface area contributed by atoms with Gasteiger partial charge in [-0.1, -0.05) is 39.3 Å². The number of nitrogens with zero attached hydrogens (tertiary/aromatic N) is 2. The molecule has 1 heterocycles. The third kappa shape index (κ3) is 3.84. The molecular formula is C13H21ClN2OS. The van der Waals surface area contributed by atoms with Crippen molar-refractivity contribution in [3.63, 3.8) is 0 Å². The van der Waals surface area contributed by atoms with Crippen molar-refractivity contribution in [3.8, 4) is 0 Å².